The Labute approximate surface area is 195 Å². The molecule has 12 heteroatoms. The monoisotopic (exact) mass is 471 g/mol. The predicted octanol–water partition coefficient (Wildman–Crippen LogP) is 2.66. The second-order valence-corrected chi connectivity index (χ2v) is 8.23. The molecule has 0 aliphatic carbocycles. The van der Waals surface area contributed by atoms with Crippen LogP contribution < -0.4 is 15.0 Å². The SMILES string of the molecule is CCOc1nc(N2CC[C@@H](CN(C)C(=O)O)C2)ncc1C(=O)Nc1cc(F)c2nc(C)cn2c1. The van der Waals surface area contributed by atoms with Gasteiger partial charge in [0.1, 0.15) is 5.56 Å². The van der Waals surface area contributed by atoms with Crippen LogP contribution in [0.3, 0.4) is 0 Å². The van der Waals surface area contributed by atoms with Crippen molar-refractivity contribution in [2.75, 3.05) is 43.5 Å². The molecule has 1 atom stereocenters. The first kappa shape index (κ1) is 23.2. The molecule has 3 aromatic heterocycles. The summed E-state index contributed by atoms with van der Waals surface area (Å²) in [5.41, 5.74) is 1.21. The molecule has 0 aromatic carbocycles. The smallest absolute Gasteiger partial charge is 0.407 e. The van der Waals surface area contributed by atoms with E-state index < -0.39 is 17.8 Å². The van der Waals surface area contributed by atoms with E-state index in [9.17, 15) is 14.0 Å². The number of nitrogens with one attached hydrogen (secondary N) is 1. The normalized spacial score (nSPS) is 15.5. The number of ether oxygens (including phenoxy) is 1. The lowest BCUT2D eigenvalue weighted by Gasteiger charge is -2.20. The molecule has 1 saturated heterocycles. The molecule has 0 radical (unpaired) electrons. The molecule has 0 spiro atoms. The number of rotatable bonds is 7. The van der Waals surface area contributed by atoms with Crippen molar-refractivity contribution in [3.8, 4) is 5.88 Å². The molecule has 34 heavy (non-hydrogen) atoms. The van der Waals surface area contributed by atoms with Gasteiger partial charge in [-0.05, 0) is 26.2 Å². The summed E-state index contributed by atoms with van der Waals surface area (Å²) in [5, 5.41) is 11.8. The fourth-order valence-corrected chi connectivity index (χ4v) is 3.99. The lowest BCUT2D eigenvalue weighted by molar-refractivity contribution is 0.102. The van der Waals surface area contributed by atoms with Crippen LogP contribution in [-0.4, -0.2) is 74.6 Å². The Bertz CT molecular complexity index is 1230. The minimum absolute atomic E-state index is 0.120. The van der Waals surface area contributed by atoms with Crippen molar-refractivity contribution in [1.29, 1.82) is 0 Å². The van der Waals surface area contributed by atoms with Gasteiger partial charge in [-0.2, -0.15) is 4.98 Å². The van der Waals surface area contributed by atoms with Crippen LogP contribution in [0.4, 0.5) is 20.8 Å². The molecule has 0 saturated carbocycles. The number of fused-ring (bicyclic) bond motifs is 1. The van der Waals surface area contributed by atoms with E-state index in [1.54, 1.807) is 33.3 Å². The van der Waals surface area contributed by atoms with Gasteiger partial charge in [-0.25, -0.2) is 19.2 Å². The minimum Gasteiger partial charge on any atom is -0.477 e. The fraction of sp³-hybridized carbons (Fsp3) is 0.409. The van der Waals surface area contributed by atoms with Gasteiger partial charge in [-0.1, -0.05) is 0 Å². The van der Waals surface area contributed by atoms with E-state index in [1.807, 2.05) is 4.90 Å². The standard InChI is InChI=1S/C22H26FN7O4/c1-4-34-20-16(19(31)26-15-7-17(23)18-25-13(2)9-30(18)12-15)8-24-21(27-20)29-6-5-14(11-29)10-28(3)22(32)33/h7-9,12,14H,4-6,10-11H2,1-3H3,(H,26,31)(H,32,33)/t14-/m0/s1. The number of aryl methyl sites for hydroxylation is 1. The first-order valence-electron chi connectivity index (χ1n) is 10.9. The van der Waals surface area contributed by atoms with E-state index in [1.165, 1.54) is 21.6 Å². The van der Waals surface area contributed by atoms with Crippen molar-refractivity contribution in [3.05, 3.63) is 41.7 Å². The summed E-state index contributed by atoms with van der Waals surface area (Å²) in [6.07, 6.45) is 4.45. The number of amides is 2. The number of halogens is 1. The van der Waals surface area contributed by atoms with Crippen LogP contribution in [0.25, 0.3) is 5.65 Å². The van der Waals surface area contributed by atoms with Crippen molar-refractivity contribution in [2.45, 2.75) is 20.3 Å². The zero-order chi connectivity index (χ0) is 24.4. The van der Waals surface area contributed by atoms with Gasteiger partial charge in [0.2, 0.25) is 11.8 Å². The zero-order valence-corrected chi connectivity index (χ0v) is 19.2. The van der Waals surface area contributed by atoms with Crippen molar-refractivity contribution >= 4 is 29.3 Å². The largest absolute Gasteiger partial charge is 0.477 e. The number of aromatic nitrogens is 4. The lowest BCUT2D eigenvalue weighted by Crippen LogP contribution is -2.32. The average molecular weight is 471 g/mol. The maximum Gasteiger partial charge on any atom is 0.407 e. The highest BCUT2D eigenvalue weighted by Gasteiger charge is 2.28. The molecule has 11 nitrogen and oxygen atoms in total. The average Bonchev–Trinajstić information content (AvgIpc) is 3.40. The summed E-state index contributed by atoms with van der Waals surface area (Å²) in [5.74, 6) is -0.412. The first-order valence-corrected chi connectivity index (χ1v) is 10.9. The Morgan fingerprint density at radius 3 is 2.88 bits per heavy atom. The highest BCUT2D eigenvalue weighted by Crippen LogP contribution is 2.26. The fourth-order valence-electron chi connectivity index (χ4n) is 3.99. The van der Waals surface area contributed by atoms with Gasteiger partial charge in [0.05, 0.1) is 18.0 Å². The van der Waals surface area contributed by atoms with E-state index in [0.29, 0.717) is 31.3 Å². The van der Waals surface area contributed by atoms with Gasteiger partial charge < -0.3 is 29.4 Å². The number of anilines is 2. The highest BCUT2D eigenvalue weighted by atomic mass is 19.1. The summed E-state index contributed by atoms with van der Waals surface area (Å²) in [7, 11) is 1.54. The molecule has 1 fully saturated rings. The third kappa shape index (κ3) is 4.85. The number of imidazole rings is 1. The summed E-state index contributed by atoms with van der Waals surface area (Å²) >= 11 is 0. The summed E-state index contributed by atoms with van der Waals surface area (Å²) < 4.78 is 21.5. The van der Waals surface area contributed by atoms with E-state index in [-0.39, 0.29) is 35.3 Å². The molecule has 180 valence electrons. The third-order valence-electron chi connectivity index (χ3n) is 5.58. The molecule has 1 aliphatic heterocycles. The van der Waals surface area contributed by atoms with Crippen LogP contribution in [0, 0.1) is 18.7 Å². The molecule has 4 heterocycles. The Balaban J connectivity index is 1.51. The maximum absolute atomic E-state index is 14.4. The van der Waals surface area contributed by atoms with Gasteiger partial charge in [-0.15, -0.1) is 0 Å². The van der Waals surface area contributed by atoms with Gasteiger partial charge in [0.15, 0.2) is 11.5 Å². The van der Waals surface area contributed by atoms with Crippen molar-refractivity contribution in [3.63, 3.8) is 0 Å². The number of carbonyl (C=O) groups excluding carboxylic acids is 1. The molecule has 1 aliphatic rings. The van der Waals surface area contributed by atoms with Crippen LogP contribution in [0.1, 0.15) is 29.4 Å². The highest BCUT2D eigenvalue weighted by molar-refractivity contribution is 6.05. The van der Waals surface area contributed by atoms with Gasteiger partial charge in [-0.3, -0.25) is 4.79 Å². The Morgan fingerprint density at radius 1 is 1.35 bits per heavy atom. The topological polar surface area (TPSA) is 125 Å². The van der Waals surface area contributed by atoms with Crippen LogP contribution in [0.15, 0.2) is 24.7 Å². The first-order chi connectivity index (χ1) is 16.2. The lowest BCUT2D eigenvalue weighted by atomic mass is 10.1. The van der Waals surface area contributed by atoms with Crippen LogP contribution in [-0.2, 0) is 0 Å². The van der Waals surface area contributed by atoms with Gasteiger partial charge >= 0.3 is 6.09 Å². The molecule has 2 N–H and O–H groups in total. The Hall–Kier alpha value is -3.96. The number of carbonyl (C=O) groups is 2. The van der Waals surface area contributed by atoms with Gasteiger partial charge in [0, 0.05) is 51.3 Å². The second kappa shape index (κ2) is 9.49. The molecule has 3 aromatic rings. The summed E-state index contributed by atoms with van der Waals surface area (Å²) in [6, 6.07) is 1.20. The molecule has 4 rings (SSSR count). The number of carboxylic acid groups (broad SMARTS) is 1. The number of hydrogen-bond acceptors (Lipinski definition) is 7. The van der Waals surface area contributed by atoms with E-state index in [0.717, 1.165) is 6.42 Å². The molecule has 2 amide bonds. The number of hydrogen-bond donors (Lipinski definition) is 2. The molecule has 0 unspecified atom stereocenters. The number of pyridine rings is 1. The predicted molar refractivity (Wildman–Crippen MR) is 122 cm³/mol. The minimum atomic E-state index is -0.967. The van der Waals surface area contributed by atoms with E-state index in [4.69, 9.17) is 9.84 Å². The second-order valence-electron chi connectivity index (χ2n) is 8.23. The van der Waals surface area contributed by atoms with Crippen LogP contribution >= 0.6 is 0 Å². The van der Waals surface area contributed by atoms with E-state index >= 15 is 0 Å². The van der Waals surface area contributed by atoms with Crippen LogP contribution in [0.2, 0.25) is 0 Å². The van der Waals surface area contributed by atoms with Crippen molar-refractivity contribution < 1.29 is 23.8 Å². The third-order valence-corrected chi connectivity index (χ3v) is 5.58. The summed E-state index contributed by atoms with van der Waals surface area (Å²) in [4.78, 5) is 40.1. The Kier molecular flexibility index (Phi) is 6.48. The Morgan fingerprint density at radius 2 is 2.15 bits per heavy atom. The summed E-state index contributed by atoms with van der Waals surface area (Å²) in [6.45, 7) is 5.50. The maximum atomic E-state index is 14.4. The number of nitrogens with zero attached hydrogens (tertiary/aromatic N) is 6. The molecule has 0 bridgehead atoms. The van der Waals surface area contributed by atoms with Crippen molar-refractivity contribution in [1.82, 2.24) is 24.3 Å². The quantitative estimate of drug-likeness (QED) is 0.539. The zero-order valence-electron chi connectivity index (χ0n) is 19.2. The molecular formula is C22H26FN7O4. The van der Waals surface area contributed by atoms with Crippen molar-refractivity contribution in [2.24, 2.45) is 5.92 Å². The van der Waals surface area contributed by atoms with E-state index in [2.05, 4.69) is 20.3 Å². The molecular weight excluding hydrogens is 445 g/mol. The van der Waals surface area contributed by atoms with Crippen LogP contribution in [0.5, 0.6) is 5.88 Å². The van der Waals surface area contributed by atoms with Gasteiger partial charge in [0.25, 0.3) is 5.91 Å².